The molecule has 0 saturated carbocycles. The Labute approximate surface area is 121 Å². The van der Waals surface area contributed by atoms with Crippen molar-refractivity contribution in [2.24, 2.45) is 0 Å². The van der Waals surface area contributed by atoms with Crippen LogP contribution in [0.2, 0.25) is 0 Å². The molecule has 0 radical (unpaired) electrons. The summed E-state index contributed by atoms with van der Waals surface area (Å²) in [6.07, 6.45) is 0. The molecule has 0 amide bonds. The summed E-state index contributed by atoms with van der Waals surface area (Å²) >= 11 is 1.55. The molecule has 0 unspecified atom stereocenters. The van der Waals surface area contributed by atoms with Gasteiger partial charge in [-0.05, 0) is 0 Å². The molecular weight excluding hydrogens is 306 g/mol. The minimum atomic E-state index is 0. The van der Waals surface area contributed by atoms with E-state index >= 15 is 0 Å². The largest absolute Gasteiger partial charge is 1.00 e. The second-order valence-electron chi connectivity index (χ2n) is 4.42. The molecule has 3 heteroatoms. The van der Waals surface area contributed by atoms with E-state index in [2.05, 4.69) is 58.9 Å². The van der Waals surface area contributed by atoms with Crippen molar-refractivity contribution < 1.29 is 49.0 Å². The molecule has 0 aliphatic heterocycles. The molecule has 15 heavy (non-hydrogen) atoms. The Bertz CT molecular complexity index is 241. The van der Waals surface area contributed by atoms with Gasteiger partial charge in [0.1, 0.15) is 0 Å². The normalized spacial score (nSPS) is 9.00. The molecule has 1 aromatic rings. The zero-order valence-corrected chi connectivity index (χ0v) is 14.0. The second-order valence-corrected chi connectivity index (χ2v) is 6.88. The van der Waals surface area contributed by atoms with E-state index < -0.39 is 0 Å². The van der Waals surface area contributed by atoms with Gasteiger partial charge in [0, 0.05) is 0 Å². The van der Waals surface area contributed by atoms with Crippen molar-refractivity contribution in [2.75, 3.05) is 0 Å². The van der Waals surface area contributed by atoms with Gasteiger partial charge in [-0.3, -0.25) is 0 Å². The number of hydrogen-bond donors (Lipinski definition) is 0. The van der Waals surface area contributed by atoms with Crippen LogP contribution in [0.3, 0.4) is 0 Å². The standard InChI is InChI=1S/C9H13.C3H6.2ClH.Zr/c1-9(2,3)8-6-4-5-7-8;1-3-2;;;/h4-7H,1-3H3;1-2H3;2*1H;/q-1;;;;+2/p-2. The van der Waals surface area contributed by atoms with E-state index in [9.17, 15) is 0 Å². The van der Waals surface area contributed by atoms with Gasteiger partial charge in [0.15, 0.2) is 0 Å². The van der Waals surface area contributed by atoms with Crippen molar-refractivity contribution >= 4 is 3.21 Å². The summed E-state index contributed by atoms with van der Waals surface area (Å²) in [5.74, 6) is 0. The van der Waals surface area contributed by atoms with E-state index in [1.165, 1.54) is 8.77 Å². The number of halogens is 2. The summed E-state index contributed by atoms with van der Waals surface area (Å²) in [6.45, 7) is 10.9. The van der Waals surface area contributed by atoms with Gasteiger partial charge in [-0.2, -0.15) is 23.8 Å². The van der Waals surface area contributed by atoms with Crippen LogP contribution in [0.5, 0.6) is 0 Å². The van der Waals surface area contributed by atoms with Gasteiger partial charge in [0.25, 0.3) is 0 Å². The Morgan fingerprint density at radius 2 is 1.60 bits per heavy atom. The average molecular weight is 325 g/mol. The van der Waals surface area contributed by atoms with Crippen LogP contribution in [0.4, 0.5) is 0 Å². The van der Waals surface area contributed by atoms with Crippen molar-refractivity contribution in [3.05, 3.63) is 29.8 Å². The smallest absolute Gasteiger partial charge is 1.00 e. The maximum atomic E-state index is 2.22. The Kier molecular flexibility index (Phi) is 13.8. The summed E-state index contributed by atoms with van der Waals surface area (Å²) in [7, 11) is 0. The summed E-state index contributed by atoms with van der Waals surface area (Å²) in [4.78, 5) is 0. The first kappa shape index (κ1) is 21.0. The maximum absolute atomic E-state index is 2.22. The molecule has 0 saturated heterocycles. The van der Waals surface area contributed by atoms with Gasteiger partial charge >= 0.3 is 41.3 Å². The van der Waals surface area contributed by atoms with Gasteiger partial charge in [0.05, 0.1) is 0 Å². The minimum absolute atomic E-state index is 0. The third-order valence-electron chi connectivity index (χ3n) is 1.53. The van der Waals surface area contributed by atoms with Crippen LogP contribution in [-0.4, -0.2) is 3.21 Å². The monoisotopic (exact) mass is 323 g/mol. The first-order valence-corrected chi connectivity index (χ1v) is 5.81. The fraction of sp³-hybridized carbons (Fsp3) is 0.500. The fourth-order valence-corrected chi connectivity index (χ4v) is 0.874. The second kappa shape index (κ2) is 9.88. The molecule has 0 nitrogen and oxygen atoms in total. The quantitative estimate of drug-likeness (QED) is 0.461. The summed E-state index contributed by atoms with van der Waals surface area (Å²) < 4.78 is 1.51. The van der Waals surface area contributed by atoms with Crippen LogP contribution in [0.1, 0.15) is 40.2 Å². The zero-order chi connectivity index (χ0) is 10.5. The van der Waals surface area contributed by atoms with Crippen LogP contribution in [0.25, 0.3) is 0 Å². The maximum Gasteiger partial charge on any atom is -1.00 e. The topological polar surface area (TPSA) is 0 Å². The zero-order valence-electron chi connectivity index (χ0n) is 10.1. The Morgan fingerprint density at radius 1 is 1.20 bits per heavy atom. The van der Waals surface area contributed by atoms with Gasteiger partial charge in [0.2, 0.25) is 0 Å². The molecule has 0 aliphatic carbocycles. The predicted octanol–water partition coefficient (Wildman–Crippen LogP) is -2.54. The first-order chi connectivity index (χ1) is 5.84. The molecule has 0 atom stereocenters. The van der Waals surface area contributed by atoms with E-state index in [0.717, 1.165) is 0 Å². The minimum Gasteiger partial charge on any atom is -1.00 e. The molecular formula is C12H19Cl2Zr-. The van der Waals surface area contributed by atoms with E-state index in [1.807, 2.05) is 0 Å². The molecule has 0 aromatic heterocycles. The van der Waals surface area contributed by atoms with Crippen LogP contribution < -0.4 is 24.8 Å². The fourth-order valence-electron chi connectivity index (χ4n) is 0.874. The molecule has 0 spiro atoms. The third-order valence-corrected chi connectivity index (χ3v) is 1.53. The Morgan fingerprint density at radius 3 is 1.73 bits per heavy atom. The van der Waals surface area contributed by atoms with Crippen molar-refractivity contribution in [1.29, 1.82) is 0 Å². The van der Waals surface area contributed by atoms with Gasteiger partial charge in [-0.25, -0.2) is 6.07 Å². The van der Waals surface area contributed by atoms with Crippen molar-refractivity contribution in [3.63, 3.8) is 0 Å². The summed E-state index contributed by atoms with van der Waals surface area (Å²) in [5.41, 5.74) is 1.74. The van der Waals surface area contributed by atoms with E-state index in [-0.39, 0.29) is 24.8 Å². The molecule has 0 N–H and O–H groups in total. The molecule has 1 rings (SSSR count). The summed E-state index contributed by atoms with van der Waals surface area (Å²) in [6, 6.07) is 8.50. The predicted molar refractivity (Wildman–Crippen MR) is 57.1 cm³/mol. The third kappa shape index (κ3) is 12.6. The van der Waals surface area contributed by atoms with Gasteiger partial charge in [-0.1, -0.05) is 26.2 Å². The molecule has 0 fully saturated rings. The van der Waals surface area contributed by atoms with Crippen LogP contribution in [-0.2, 0) is 29.7 Å². The number of hydrogen-bond acceptors (Lipinski definition) is 0. The van der Waals surface area contributed by atoms with Crippen molar-refractivity contribution in [2.45, 2.75) is 40.0 Å². The van der Waals surface area contributed by atoms with Crippen LogP contribution in [0.15, 0.2) is 24.3 Å². The Balaban J connectivity index is -0.000000213. The molecule has 1 aromatic carbocycles. The molecule has 0 heterocycles. The SMILES string of the molecule is CC(C)(C)c1cc[cH-]c1.C[C](C)=[Zr+2].[Cl-].[Cl-]. The van der Waals surface area contributed by atoms with Crippen LogP contribution >= 0.6 is 0 Å². The van der Waals surface area contributed by atoms with Crippen LogP contribution in [0, 0.1) is 0 Å². The van der Waals surface area contributed by atoms with Crippen molar-refractivity contribution in [3.8, 4) is 0 Å². The average Bonchev–Trinajstić information content (AvgIpc) is 2.31. The molecule has 0 aliphatic rings. The van der Waals surface area contributed by atoms with E-state index in [1.54, 1.807) is 24.2 Å². The Hall–Kier alpha value is 0.683. The van der Waals surface area contributed by atoms with Gasteiger partial charge in [-0.15, -0.1) is 0 Å². The summed E-state index contributed by atoms with van der Waals surface area (Å²) in [5, 5.41) is 0. The molecule has 86 valence electrons. The van der Waals surface area contributed by atoms with Gasteiger partial charge < -0.3 is 24.8 Å². The van der Waals surface area contributed by atoms with Crippen molar-refractivity contribution in [1.82, 2.24) is 0 Å². The number of rotatable bonds is 0. The van der Waals surface area contributed by atoms with E-state index in [0.29, 0.717) is 5.41 Å². The van der Waals surface area contributed by atoms with E-state index in [4.69, 9.17) is 0 Å². The first-order valence-electron chi connectivity index (χ1n) is 4.58. The molecule has 0 bridgehead atoms.